The smallest absolute Gasteiger partial charge is 0.261 e. The molecule has 168 valence electrons. The average molecular weight is 439 g/mol. The highest BCUT2D eigenvalue weighted by atomic mass is 19.1. The summed E-state index contributed by atoms with van der Waals surface area (Å²) in [7, 11) is 0. The Balaban J connectivity index is 1.48. The number of nitrogens with zero attached hydrogens (tertiary/aromatic N) is 4. The number of anilines is 1. The second-order valence-corrected chi connectivity index (χ2v) is 9.20. The first-order valence-electron chi connectivity index (χ1n) is 11.5. The van der Waals surface area contributed by atoms with Crippen LogP contribution in [0.4, 0.5) is 10.2 Å². The molecule has 32 heavy (non-hydrogen) atoms. The third-order valence-corrected chi connectivity index (χ3v) is 7.26. The third kappa shape index (κ3) is 3.19. The lowest BCUT2D eigenvalue weighted by Crippen LogP contribution is -2.45. The van der Waals surface area contributed by atoms with Gasteiger partial charge in [-0.1, -0.05) is 11.6 Å². The van der Waals surface area contributed by atoms with Gasteiger partial charge in [-0.15, -0.1) is 0 Å². The fraction of sp³-hybridized carbons (Fsp3) is 0.542. The van der Waals surface area contributed by atoms with Gasteiger partial charge in [0, 0.05) is 31.3 Å². The van der Waals surface area contributed by atoms with Crippen LogP contribution in [0.5, 0.6) is 0 Å². The van der Waals surface area contributed by atoms with Gasteiger partial charge >= 0.3 is 0 Å². The lowest BCUT2D eigenvalue weighted by molar-refractivity contribution is -0.169. The number of halogens is 1. The second-order valence-electron chi connectivity index (χ2n) is 9.20. The van der Waals surface area contributed by atoms with Crippen molar-refractivity contribution in [1.29, 1.82) is 0 Å². The van der Waals surface area contributed by atoms with Crippen LogP contribution in [-0.4, -0.2) is 47.2 Å². The molecule has 1 aliphatic carbocycles. The Labute approximate surface area is 185 Å². The van der Waals surface area contributed by atoms with E-state index >= 15 is 4.39 Å². The van der Waals surface area contributed by atoms with E-state index in [1.54, 1.807) is 13.0 Å². The Hall–Kier alpha value is -2.58. The van der Waals surface area contributed by atoms with Crippen molar-refractivity contribution in [3.8, 4) is 11.5 Å². The molecule has 3 aromatic rings. The van der Waals surface area contributed by atoms with Crippen molar-refractivity contribution in [3.05, 3.63) is 34.9 Å². The number of rotatable bonds is 3. The van der Waals surface area contributed by atoms with Crippen LogP contribution in [0.2, 0.25) is 0 Å². The predicted molar refractivity (Wildman–Crippen MR) is 117 cm³/mol. The Morgan fingerprint density at radius 2 is 1.81 bits per heavy atom. The lowest BCUT2D eigenvalue weighted by atomic mass is 9.79. The summed E-state index contributed by atoms with van der Waals surface area (Å²) in [5.74, 6) is 1.34. The van der Waals surface area contributed by atoms with Crippen molar-refractivity contribution in [3.63, 3.8) is 0 Å². The van der Waals surface area contributed by atoms with Gasteiger partial charge in [-0.05, 0) is 55.9 Å². The first kappa shape index (κ1) is 20.1. The Bertz CT molecular complexity index is 1170. The molecule has 1 spiro atoms. The van der Waals surface area contributed by atoms with Gasteiger partial charge in [0.15, 0.2) is 11.6 Å². The van der Waals surface area contributed by atoms with Crippen molar-refractivity contribution >= 4 is 16.7 Å². The molecule has 0 bridgehead atoms. The topological polar surface area (TPSA) is 73.5 Å². The molecule has 2 aliphatic heterocycles. The zero-order chi connectivity index (χ0) is 21.9. The summed E-state index contributed by atoms with van der Waals surface area (Å²) in [5, 5.41) is 4.81. The summed E-state index contributed by atoms with van der Waals surface area (Å²) in [6.07, 6.45) is 4.90. The number of aryl methyl sites for hydroxylation is 2. The third-order valence-electron chi connectivity index (χ3n) is 7.26. The van der Waals surface area contributed by atoms with Gasteiger partial charge in [0.05, 0.1) is 18.8 Å². The monoisotopic (exact) mass is 438 g/mol. The number of piperidine rings is 1. The van der Waals surface area contributed by atoms with Crippen molar-refractivity contribution in [2.24, 2.45) is 0 Å². The molecule has 2 saturated heterocycles. The standard InChI is InChI=1S/C24H27FN4O3/c1-14-18-12-17(16-4-3-5-16)13-19(25)21(18)27-22(20(14)23-26-15(2)28-32-23)29-8-6-24(7-9-29)30-10-11-31-24/h12-13,16H,3-11H2,1-2H3. The minimum Gasteiger partial charge on any atom is -0.356 e. The number of hydrogen-bond acceptors (Lipinski definition) is 7. The maximum Gasteiger partial charge on any atom is 0.261 e. The molecule has 7 nitrogen and oxygen atoms in total. The molecule has 4 heterocycles. The first-order valence-corrected chi connectivity index (χ1v) is 11.5. The van der Waals surface area contributed by atoms with Crippen LogP contribution in [0.25, 0.3) is 22.4 Å². The molecule has 3 fully saturated rings. The van der Waals surface area contributed by atoms with E-state index in [1.807, 2.05) is 6.92 Å². The summed E-state index contributed by atoms with van der Waals surface area (Å²) in [5.41, 5.74) is 3.16. The Morgan fingerprint density at radius 1 is 1.06 bits per heavy atom. The summed E-state index contributed by atoms with van der Waals surface area (Å²) in [6, 6.07) is 3.77. The molecule has 0 amide bonds. The lowest BCUT2D eigenvalue weighted by Gasteiger charge is -2.38. The fourth-order valence-corrected chi connectivity index (χ4v) is 5.19. The molecule has 0 unspecified atom stereocenters. The van der Waals surface area contributed by atoms with Crippen LogP contribution >= 0.6 is 0 Å². The summed E-state index contributed by atoms with van der Waals surface area (Å²) < 4.78 is 32.6. The molecule has 2 aromatic heterocycles. The van der Waals surface area contributed by atoms with Gasteiger partial charge in [0.1, 0.15) is 17.2 Å². The highest BCUT2D eigenvalue weighted by Gasteiger charge is 2.41. The van der Waals surface area contributed by atoms with Crippen LogP contribution in [-0.2, 0) is 9.47 Å². The normalized spacial score (nSPS) is 20.9. The van der Waals surface area contributed by atoms with Gasteiger partial charge in [0.2, 0.25) is 0 Å². The molecule has 1 aromatic carbocycles. The summed E-state index contributed by atoms with van der Waals surface area (Å²) >= 11 is 0. The van der Waals surface area contributed by atoms with Crippen LogP contribution in [0.3, 0.4) is 0 Å². The molecular formula is C24H27FN4O3. The van der Waals surface area contributed by atoms with E-state index in [0.717, 1.165) is 47.8 Å². The van der Waals surface area contributed by atoms with Gasteiger partial charge < -0.3 is 18.9 Å². The van der Waals surface area contributed by atoms with Crippen molar-refractivity contribution in [2.45, 2.75) is 57.7 Å². The summed E-state index contributed by atoms with van der Waals surface area (Å²) in [4.78, 5) is 11.5. The minimum absolute atomic E-state index is 0.266. The molecule has 3 aliphatic rings. The van der Waals surface area contributed by atoms with Gasteiger partial charge in [-0.2, -0.15) is 4.98 Å². The molecule has 0 radical (unpaired) electrons. The van der Waals surface area contributed by atoms with E-state index in [2.05, 4.69) is 21.1 Å². The molecule has 0 atom stereocenters. The van der Waals surface area contributed by atoms with Gasteiger partial charge in [-0.3, -0.25) is 0 Å². The Morgan fingerprint density at radius 3 is 2.44 bits per heavy atom. The van der Waals surface area contributed by atoms with Crippen LogP contribution in [0, 0.1) is 19.7 Å². The quantitative estimate of drug-likeness (QED) is 0.589. The summed E-state index contributed by atoms with van der Waals surface area (Å²) in [6.45, 7) is 6.45. The van der Waals surface area contributed by atoms with Crippen molar-refractivity contribution < 1.29 is 18.4 Å². The molecule has 6 rings (SSSR count). The van der Waals surface area contributed by atoms with E-state index in [-0.39, 0.29) is 5.82 Å². The van der Waals surface area contributed by atoms with Crippen LogP contribution in [0.15, 0.2) is 16.7 Å². The maximum absolute atomic E-state index is 15.3. The second kappa shape index (κ2) is 7.49. The van der Waals surface area contributed by atoms with E-state index < -0.39 is 5.79 Å². The van der Waals surface area contributed by atoms with Crippen LogP contribution < -0.4 is 4.90 Å². The van der Waals surface area contributed by atoms with E-state index in [9.17, 15) is 0 Å². The number of benzene rings is 1. The molecule has 8 heteroatoms. The largest absolute Gasteiger partial charge is 0.356 e. The van der Waals surface area contributed by atoms with Gasteiger partial charge in [-0.25, -0.2) is 9.37 Å². The SMILES string of the molecule is Cc1noc(-c2c(N3CCC4(CC3)OCCO4)nc3c(F)cc(C4CCC4)cc3c2C)n1. The number of ether oxygens (including phenoxy) is 2. The van der Waals surface area contributed by atoms with Gasteiger partial charge in [0.25, 0.3) is 5.89 Å². The molecule has 1 saturated carbocycles. The van der Waals surface area contributed by atoms with E-state index in [0.29, 0.717) is 55.3 Å². The number of pyridine rings is 1. The van der Waals surface area contributed by atoms with Crippen molar-refractivity contribution in [1.82, 2.24) is 15.1 Å². The highest BCUT2D eigenvalue weighted by molar-refractivity contribution is 5.93. The number of hydrogen-bond donors (Lipinski definition) is 0. The van der Waals surface area contributed by atoms with Crippen molar-refractivity contribution in [2.75, 3.05) is 31.2 Å². The predicted octanol–water partition coefficient (Wildman–Crippen LogP) is 4.65. The number of fused-ring (bicyclic) bond motifs is 1. The zero-order valence-corrected chi connectivity index (χ0v) is 18.5. The molecule has 0 N–H and O–H groups in total. The number of aromatic nitrogens is 3. The zero-order valence-electron chi connectivity index (χ0n) is 18.5. The van der Waals surface area contributed by atoms with Crippen LogP contribution in [0.1, 0.15) is 55.0 Å². The van der Waals surface area contributed by atoms with E-state index in [1.165, 1.54) is 6.42 Å². The Kier molecular flexibility index (Phi) is 4.69. The van der Waals surface area contributed by atoms with E-state index in [4.69, 9.17) is 19.0 Å². The fourth-order valence-electron chi connectivity index (χ4n) is 5.19. The molecular weight excluding hydrogens is 411 g/mol. The minimum atomic E-state index is -0.493. The maximum atomic E-state index is 15.3. The average Bonchev–Trinajstić information content (AvgIpc) is 3.37. The first-order chi connectivity index (χ1) is 15.5. The highest BCUT2D eigenvalue weighted by Crippen LogP contribution is 2.42.